The SMILES string of the molecule is CCCCCC[C@@H](C)Oc1ccc2c(c1)=C1C(O)=CC(=O)CN1[C@H]1CCCCC=21. The highest BCUT2D eigenvalue weighted by molar-refractivity contribution is 5.97. The highest BCUT2D eigenvalue weighted by Crippen LogP contribution is 2.35. The molecule has 1 N–H and O–H groups in total. The second-order valence-electron chi connectivity index (χ2n) is 8.74. The molecule has 0 spiro atoms. The molecule has 4 nitrogen and oxygen atoms in total. The van der Waals surface area contributed by atoms with E-state index in [4.69, 9.17) is 4.74 Å². The summed E-state index contributed by atoms with van der Waals surface area (Å²) in [5.74, 6) is 0.920. The Morgan fingerprint density at radius 2 is 2.07 bits per heavy atom. The number of carbonyl (C=O) groups is 1. The number of benzene rings is 1. The lowest BCUT2D eigenvalue weighted by atomic mass is 9.83. The molecule has 2 heterocycles. The predicted octanol–water partition coefficient (Wildman–Crippen LogP) is 3.97. The first-order valence-electron chi connectivity index (χ1n) is 11.3. The van der Waals surface area contributed by atoms with E-state index in [-0.39, 0.29) is 23.7 Å². The van der Waals surface area contributed by atoms with Gasteiger partial charge in [-0.05, 0) is 62.0 Å². The van der Waals surface area contributed by atoms with Crippen LogP contribution < -0.4 is 15.2 Å². The van der Waals surface area contributed by atoms with Gasteiger partial charge in [-0.15, -0.1) is 0 Å². The number of fused-ring (bicyclic) bond motifs is 4. The van der Waals surface area contributed by atoms with Crippen molar-refractivity contribution in [1.82, 2.24) is 4.90 Å². The van der Waals surface area contributed by atoms with Crippen LogP contribution in [0.4, 0.5) is 0 Å². The van der Waals surface area contributed by atoms with Crippen LogP contribution in [0, 0.1) is 0 Å². The number of nitrogens with zero attached hydrogens (tertiary/aromatic N) is 1. The fraction of sp³-hybridized carbons (Fsp3) is 0.560. The Bertz CT molecular complexity index is 930. The maximum absolute atomic E-state index is 12.1. The zero-order valence-electron chi connectivity index (χ0n) is 17.7. The number of aliphatic hydroxyl groups excluding tert-OH is 1. The summed E-state index contributed by atoms with van der Waals surface area (Å²) in [6, 6.07) is 6.54. The van der Waals surface area contributed by atoms with E-state index in [0.717, 1.165) is 35.9 Å². The number of ether oxygens (including phenoxy) is 1. The molecule has 4 heteroatoms. The molecule has 0 saturated heterocycles. The van der Waals surface area contributed by atoms with Crippen molar-refractivity contribution in [2.75, 3.05) is 6.54 Å². The minimum Gasteiger partial charge on any atom is -0.506 e. The van der Waals surface area contributed by atoms with Gasteiger partial charge in [0.25, 0.3) is 0 Å². The number of ketones is 1. The van der Waals surface area contributed by atoms with Crippen molar-refractivity contribution in [3.8, 4) is 5.75 Å². The summed E-state index contributed by atoms with van der Waals surface area (Å²) in [6.07, 6.45) is 12.1. The van der Waals surface area contributed by atoms with Crippen molar-refractivity contribution in [2.24, 2.45) is 0 Å². The van der Waals surface area contributed by atoms with Gasteiger partial charge in [0.1, 0.15) is 11.5 Å². The van der Waals surface area contributed by atoms with Gasteiger partial charge in [-0.1, -0.05) is 38.7 Å². The summed E-state index contributed by atoms with van der Waals surface area (Å²) in [4.78, 5) is 14.3. The second kappa shape index (κ2) is 8.64. The lowest BCUT2D eigenvalue weighted by Crippen LogP contribution is -2.52. The molecule has 0 bridgehead atoms. The van der Waals surface area contributed by atoms with Crippen LogP contribution in [0.3, 0.4) is 0 Å². The van der Waals surface area contributed by atoms with Crippen LogP contribution in [-0.2, 0) is 4.79 Å². The average Bonchev–Trinajstić information content (AvgIpc) is 2.71. The molecule has 1 saturated carbocycles. The topological polar surface area (TPSA) is 49.8 Å². The lowest BCUT2D eigenvalue weighted by Gasteiger charge is -2.42. The molecule has 29 heavy (non-hydrogen) atoms. The molecule has 2 aliphatic heterocycles. The zero-order chi connectivity index (χ0) is 20.4. The molecule has 4 rings (SSSR count). The van der Waals surface area contributed by atoms with E-state index >= 15 is 0 Å². The highest BCUT2D eigenvalue weighted by Gasteiger charge is 2.35. The Morgan fingerprint density at radius 3 is 2.90 bits per heavy atom. The molecular formula is C25H33NO3. The first-order valence-corrected chi connectivity index (χ1v) is 11.3. The Morgan fingerprint density at radius 1 is 1.21 bits per heavy atom. The summed E-state index contributed by atoms with van der Waals surface area (Å²) in [5.41, 5.74) is 2.22. The molecule has 0 aromatic heterocycles. The molecule has 1 aliphatic carbocycles. The van der Waals surface area contributed by atoms with Gasteiger partial charge in [0.2, 0.25) is 0 Å². The van der Waals surface area contributed by atoms with Crippen molar-refractivity contribution >= 4 is 17.1 Å². The van der Waals surface area contributed by atoms with Crippen molar-refractivity contribution in [3.63, 3.8) is 0 Å². The summed E-state index contributed by atoms with van der Waals surface area (Å²) in [6.45, 7) is 4.71. The van der Waals surface area contributed by atoms with Gasteiger partial charge >= 0.3 is 0 Å². The molecule has 1 aromatic carbocycles. The largest absolute Gasteiger partial charge is 0.506 e. The molecular weight excluding hydrogens is 362 g/mol. The van der Waals surface area contributed by atoms with Gasteiger partial charge in [-0.2, -0.15) is 0 Å². The quantitative estimate of drug-likeness (QED) is 0.710. The molecule has 1 aromatic rings. The lowest BCUT2D eigenvalue weighted by molar-refractivity contribution is -0.115. The van der Waals surface area contributed by atoms with Gasteiger partial charge in [0.05, 0.1) is 24.4 Å². The minimum absolute atomic E-state index is 0.0206. The van der Waals surface area contributed by atoms with Crippen LogP contribution >= 0.6 is 0 Å². The molecule has 3 aliphatic rings. The molecule has 2 atom stereocenters. The Labute approximate surface area is 173 Å². The van der Waals surface area contributed by atoms with Crippen LogP contribution in [0.2, 0.25) is 0 Å². The predicted molar refractivity (Wildman–Crippen MR) is 116 cm³/mol. The van der Waals surface area contributed by atoms with E-state index in [2.05, 4.69) is 36.9 Å². The van der Waals surface area contributed by atoms with Crippen molar-refractivity contribution in [3.05, 3.63) is 40.5 Å². The summed E-state index contributed by atoms with van der Waals surface area (Å²) in [7, 11) is 0. The third-order valence-corrected chi connectivity index (χ3v) is 6.50. The monoisotopic (exact) mass is 395 g/mol. The third-order valence-electron chi connectivity index (χ3n) is 6.50. The average molecular weight is 396 g/mol. The fourth-order valence-electron chi connectivity index (χ4n) is 5.09. The first-order chi connectivity index (χ1) is 14.1. The standard InChI is InChI=1S/C25H33NO3/c1-3-4-5-6-9-17(2)29-19-12-13-20-21-10-7-8-11-23(21)26-16-18(27)14-24(28)25(26)22(20)15-19/h12-15,17,23,28H,3-11,16H2,1-2H3/t17-,23+/m1/s1. The zero-order valence-corrected chi connectivity index (χ0v) is 17.7. The Balaban J connectivity index is 1.69. The normalized spacial score (nSPS) is 21.9. The number of carbonyl (C=O) groups excluding carboxylic acids is 1. The molecule has 1 fully saturated rings. The maximum atomic E-state index is 12.1. The second-order valence-corrected chi connectivity index (χ2v) is 8.74. The third kappa shape index (κ3) is 4.08. The van der Waals surface area contributed by atoms with E-state index in [1.807, 2.05) is 0 Å². The number of rotatable bonds is 7. The van der Waals surface area contributed by atoms with Gasteiger partial charge in [-0.3, -0.25) is 4.79 Å². The van der Waals surface area contributed by atoms with Crippen LogP contribution in [-0.4, -0.2) is 34.5 Å². The Hall–Kier alpha value is -2.23. The molecule has 156 valence electrons. The van der Waals surface area contributed by atoms with Crippen LogP contribution in [0.1, 0.15) is 71.6 Å². The van der Waals surface area contributed by atoms with Crippen LogP contribution in [0.5, 0.6) is 5.75 Å². The summed E-state index contributed by atoms with van der Waals surface area (Å²) in [5, 5.41) is 12.9. The first kappa shape index (κ1) is 20.1. The maximum Gasteiger partial charge on any atom is 0.178 e. The van der Waals surface area contributed by atoms with Gasteiger partial charge in [0, 0.05) is 11.3 Å². The van der Waals surface area contributed by atoms with Crippen molar-refractivity contribution in [1.29, 1.82) is 0 Å². The van der Waals surface area contributed by atoms with Gasteiger partial charge < -0.3 is 14.7 Å². The minimum atomic E-state index is -0.0206. The summed E-state index contributed by atoms with van der Waals surface area (Å²) >= 11 is 0. The van der Waals surface area contributed by atoms with Crippen LogP contribution in [0.25, 0.3) is 11.3 Å². The highest BCUT2D eigenvalue weighted by atomic mass is 16.5. The number of hydrogen-bond donors (Lipinski definition) is 1. The number of hydrogen-bond acceptors (Lipinski definition) is 4. The van der Waals surface area contributed by atoms with Crippen molar-refractivity contribution < 1.29 is 14.6 Å². The molecule has 0 unspecified atom stereocenters. The van der Waals surface area contributed by atoms with Crippen LogP contribution in [0.15, 0.2) is 30.0 Å². The smallest absolute Gasteiger partial charge is 0.178 e. The molecule has 0 amide bonds. The molecule has 0 radical (unpaired) electrons. The number of aliphatic hydroxyl groups is 1. The Kier molecular flexibility index (Phi) is 5.98. The van der Waals surface area contributed by atoms with E-state index in [0.29, 0.717) is 6.54 Å². The van der Waals surface area contributed by atoms with E-state index in [9.17, 15) is 9.90 Å². The van der Waals surface area contributed by atoms with Crippen molar-refractivity contribution in [2.45, 2.75) is 83.8 Å². The van der Waals surface area contributed by atoms with E-state index in [1.165, 1.54) is 55.4 Å². The van der Waals surface area contributed by atoms with Gasteiger partial charge in [0.15, 0.2) is 5.78 Å². The van der Waals surface area contributed by atoms with E-state index in [1.54, 1.807) is 0 Å². The summed E-state index contributed by atoms with van der Waals surface area (Å²) < 4.78 is 6.22. The van der Waals surface area contributed by atoms with E-state index < -0.39 is 0 Å². The van der Waals surface area contributed by atoms with Gasteiger partial charge in [-0.25, -0.2) is 0 Å². The fourth-order valence-corrected chi connectivity index (χ4v) is 5.09. The number of unbranched alkanes of at least 4 members (excludes halogenated alkanes) is 3.